The molecule has 1 aliphatic carbocycles. The number of halogens is 4. The van der Waals surface area contributed by atoms with E-state index in [1.54, 1.807) is 36.4 Å². The van der Waals surface area contributed by atoms with Crippen LogP contribution < -0.4 is 9.62 Å². The van der Waals surface area contributed by atoms with E-state index in [0.29, 0.717) is 27.1 Å². The topological polar surface area (TPSA) is 86.8 Å². The van der Waals surface area contributed by atoms with Crippen LogP contribution in [0.3, 0.4) is 0 Å². The Kier molecular flexibility index (Phi) is 11.6. The molecule has 1 atom stereocenters. The van der Waals surface area contributed by atoms with Gasteiger partial charge in [0, 0.05) is 17.6 Å². The maximum Gasteiger partial charge on any atom is 0.264 e. The van der Waals surface area contributed by atoms with Gasteiger partial charge in [-0.1, -0.05) is 96.9 Å². The van der Waals surface area contributed by atoms with Crippen LogP contribution in [0.5, 0.6) is 0 Å². The lowest BCUT2D eigenvalue weighted by molar-refractivity contribution is -0.140. The van der Waals surface area contributed by atoms with Crippen LogP contribution in [-0.2, 0) is 26.2 Å². The molecular formula is C31H33Cl4N3O4S. The molecule has 230 valence electrons. The fourth-order valence-electron chi connectivity index (χ4n) is 5.22. The summed E-state index contributed by atoms with van der Waals surface area (Å²) in [6, 6.07) is 16.2. The zero-order valence-corrected chi connectivity index (χ0v) is 27.5. The molecule has 0 radical (unpaired) electrons. The number of rotatable bonds is 11. The van der Waals surface area contributed by atoms with E-state index in [1.807, 2.05) is 6.92 Å². The quantitative estimate of drug-likeness (QED) is 0.224. The summed E-state index contributed by atoms with van der Waals surface area (Å²) in [6.07, 6.45) is 5.25. The summed E-state index contributed by atoms with van der Waals surface area (Å²) in [4.78, 5) is 29.3. The second-order valence-electron chi connectivity index (χ2n) is 10.5. The summed E-state index contributed by atoms with van der Waals surface area (Å²) in [7, 11) is -4.26. The molecule has 0 heterocycles. The van der Waals surface area contributed by atoms with Crippen molar-refractivity contribution in [3.05, 3.63) is 92.4 Å². The van der Waals surface area contributed by atoms with Crippen molar-refractivity contribution in [3.63, 3.8) is 0 Å². The first-order valence-corrected chi connectivity index (χ1v) is 17.0. The van der Waals surface area contributed by atoms with Gasteiger partial charge in [0.05, 0.1) is 25.7 Å². The number of benzene rings is 3. The van der Waals surface area contributed by atoms with E-state index >= 15 is 0 Å². The molecule has 0 saturated heterocycles. The lowest BCUT2D eigenvalue weighted by atomic mass is 9.95. The maximum atomic E-state index is 14.2. The number of amides is 2. The minimum Gasteiger partial charge on any atom is -0.352 e. The predicted octanol–water partition coefficient (Wildman–Crippen LogP) is 7.75. The van der Waals surface area contributed by atoms with Crippen LogP contribution in [0, 0.1) is 0 Å². The molecule has 0 aliphatic heterocycles. The highest BCUT2D eigenvalue weighted by Crippen LogP contribution is 2.33. The average Bonchev–Trinajstić information content (AvgIpc) is 2.98. The molecule has 3 aromatic rings. The van der Waals surface area contributed by atoms with Crippen molar-refractivity contribution in [1.29, 1.82) is 0 Å². The van der Waals surface area contributed by atoms with E-state index in [-0.39, 0.29) is 34.1 Å². The van der Waals surface area contributed by atoms with Crippen LogP contribution in [0.4, 0.5) is 5.69 Å². The van der Waals surface area contributed by atoms with Crippen LogP contribution in [0.25, 0.3) is 0 Å². The van der Waals surface area contributed by atoms with Crippen molar-refractivity contribution < 1.29 is 18.0 Å². The van der Waals surface area contributed by atoms with Crippen LogP contribution in [0.15, 0.2) is 71.6 Å². The van der Waals surface area contributed by atoms with Crippen molar-refractivity contribution in [1.82, 2.24) is 10.2 Å². The van der Waals surface area contributed by atoms with Gasteiger partial charge >= 0.3 is 0 Å². The molecule has 3 aromatic carbocycles. The molecule has 1 saturated carbocycles. The Bertz CT molecular complexity index is 1550. The molecule has 12 heteroatoms. The fraction of sp³-hybridized carbons (Fsp3) is 0.355. The molecule has 7 nitrogen and oxygen atoms in total. The second-order valence-corrected chi connectivity index (χ2v) is 14.0. The number of sulfonamides is 1. The van der Waals surface area contributed by atoms with Crippen LogP contribution in [-0.4, -0.2) is 43.8 Å². The zero-order valence-electron chi connectivity index (χ0n) is 23.6. The number of hydrogen-bond donors (Lipinski definition) is 1. The SMILES string of the molecule is CCC(C(=O)NC1CCCCC1)N(Cc1ccc(Cl)c(Cl)c1)C(=O)CN(c1ccc(Cl)cc1Cl)S(=O)(=O)c1ccccc1. The summed E-state index contributed by atoms with van der Waals surface area (Å²) in [6.45, 7) is 1.20. The molecule has 4 rings (SSSR count). The van der Waals surface area contributed by atoms with Gasteiger partial charge in [-0.3, -0.25) is 13.9 Å². The number of nitrogens with one attached hydrogen (secondary N) is 1. The van der Waals surface area contributed by atoms with Crippen LogP contribution >= 0.6 is 46.4 Å². The summed E-state index contributed by atoms with van der Waals surface area (Å²) >= 11 is 25.0. The van der Waals surface area contributed by atoms with Crippen molar-refractivity contribution in [2.75, 3.05) is 10.8 Å². The van der Waals surface area contributed by atoms with Crippen molar-refractivity contribution >= 4 is 73.9 Å². The van der Waals surface area contributed by atoms with Gasteiger partial charge in [0.1, 0.15) is 12.6 Å². The first kappa shape index (κ1) is 33.4. The van der Waals surface area contributed by atoms with Gasteiger partial charge in [-0.25, -0.2) is 8.42 Å². The summed E-state index contributed by atoms with van der Waals surface area (Å²) < 4.78 is 28.9. The number of carbonyl (C=O) groups is 2. The Morgan fingerprint density at radius 2 is 1.58 bits per heavy atom. The Hall–Kier alpha value is -2.49. The summed E-state index contributed by atoms with van der Waals surface area (Å²) in [5, 5.41) is 4.13. The highest BCUT2D eigenvalue weighted by Gasteiger charge is 2.35. The third kappa shape index (κ3) is 8.37. The van der Waals surface area contributed by atoms with Gasteiger partial charge in [0.15, 0.2) is 0 Å². The summed E-state index contributed by atoms with van der Waals surface area (Å²) in [5.74, 6) is -0.882. The molecular weight excluding hydrogens is 652 g/mol. The first-order valence-electron chi connectivity index (χ1n) is 14.1. The number of carbonyl (C=O) groups excluding carboxylic acids is 2. The average molecular weight is 686 g/mol. The highest BCUT2D eigenvalue weighted by molar-refractivity contribution is 7.92. The van der Waals surface area contributed by atoms with E-state index in [2.05, 4.69) is 5.32 Å². The normalized spacial score (nSPS) is 14.6. The molecule has 1 N–H and O–H groups in total. The third-order valence-corrected chi connectivity index (χ3v) is 10.5. The maximum absolute atomic E-state index is 14.2. The monoisotopic (exact) mass is 683 g/mol. The molecule has 0 bridgehead atoms. The number of anilines is 1. The first-order chi connectivity index (χ1) is 20.5. The number of hydrogen-bond acceptors (Lipinski definition) is 4. The van der Waals surface area contributed by atoms with Gasteiger partial charge < -0.3 is 10.2 Å². The zero-order chi connectivity index (χ0) is 31.1. The predicted molar refractivity (Wildman–Crippen MR) is 174 cm³/mol. The van der Waals surface area contributed by atoms with Crippen molar-refractivity contribution in [2.45, 2.75) is 69.0 Å². The molecule has 43 heavy (non-hydrogen) atoms. The standard InChI is InChI=1S/C31H33Cl4N3O4S/c1-2-28(31(40)36-23-9-5-3-6-10-23)37(19-21-13-15-25(33)26(34)17-21)30(39)20-38(29-16-14-22(32)18-27(29)35)43(41,42)24-11-7-4-8-12-24/h4,7-8,11-18,23,28H,2-3,5-6,9-10,19-20H2,1H3,(H,36,40). The lowest BCUT2D eigenvalue weighted by Crippen LogP contribution is -2.54. The van der Waals surface area contributed by atoms with E-state index in [9.17, 15) is 18.0 Å². The van der Waals surface area contributed by atoms with Gasteiger partial charge in [-0.15, -0.1) is 0 Å². The van der Waals surface area contributed by atoms with E-state index < -0.39 is 28.5 Å². The van der Waals surface area contributed by atoms with Crippen LogP contribution in [0.2, 0.25) is 20.1 Å². The fourth-order valence-corrected chi connectivity index (χ4v) is 7.55. The van der Waals surface area contributed by atoms with Crippen molar-refractivity contribution in [2.24, 2.45) is 0 Å². The molecule has 1 fully saturated rings. The van der Waals surface area contributed by atoms with Gasteiger partial charge in [0.25, 0.3) is 10.0 Å². The van der Waals surface area contributed by atoms with E-state index in [1.165, 1.54) is 35.2 Å². The summed E-state index contributed by atoms with van der Waals surface area (Å²) in [5.41, 5.74) is 0.714. The number of nitrogens with zero attached hydrogens (tertiary/aromatic N) is 2. The van der Waals surface area contributed by atoms with E-state index in [4.69, 9.17) is 46.4 Å². The van der Waals surface area contributed by atoms with Crippen molar-refractivity contribution in [3.8, 4) is 0 Å². The molecule has 2 amide bonds. The Balaban J connectivity index is 1.73. The highest BCUT2D eigenvalue weighted by atomic mass is 35.5. The Morgan fingerprint density at radius 3 is 2.21 bits per heavy atom. The second kappa shape index (κ2) is 15.0. The largest absolute Gasteiger partial charge is 0.352 e. The lowest BCUT2D eigenvalue weighted by Gasteiger charge is -2.34. The molecule has 0 aromatic heterocycles. The molecule has 1 unspecified atom stereocenters. The molecule has 1 aliphatic rings. The minimum absolute atomic E-state index is 0.000109. The Labute approximate surface area is 273 Å². The van der Waals surface area contributed by atoms with Gasteiger partial charge in [-0.05, 0) is 67.3 Å². The van der Waals surface area contributed by atoms with Gasteiger partial charge in [-0.2, -0.15) is 0 Å². The Morgan fingerprint density at radius 1 is 0.884 bits per heavy atom. The van der Waals surface area contributed by atoms with E-state index in [0.717, 1.165) is 36.4 Å². The minimum atomic E-state index is -4.26. The molecule has 0 spiro atoms. The third-order valence-electron chi connectivity index (χ3n) is 7.46. The van der Waals surface area contributed by atoms with Gasteiger partial charge in [0.2, 0.25) is 11.8 Å². The smallest absolute Gasteiger partial charge is 0.264 e. The van der Waals surface area contributed by atoms with Crippen LogP contribution in [0.1, 0.15) is 51.0 Å².